The number of aryl methyl sites for hydroxylation is 1. The summed E-state index contributed by atoms with van der Waals surface area (Å²) in [6.07, 6.45) is 4.90. The molecule has 3 rings (SSSR count). The van der Waals surface area contributed by atoms with Crippen molar-refractivity contribution in [3.63, 3.8) is 0 Å². The van der Waals surface area contributed by atoms with Gasteiger partial charge in [-0.25, -0.2) is 0 Å². The topological polar surface area (TPSA) is 35.2 Å². The first-order valence-electron chi connectivity index (χ1n) is 7.61. The normalized spacial score (nSPS) is 20.4. The van der Waals surface area contributed by atoms with Gasteiger partial charge in [-0.05, 0) is 54.5 Å². The van der Waals surface area contributed by atoms with Gasteiger partial charge in [0.15, 0.2) is 0 Å². The van der Waals surface area contributed by atoms with E-state index in [4.69, 9.17) is 10.5 Å². The first-order valence-corrected chi connectivity index (χ1v) is 7.61. The molecule has 0 saturated carbocycles. The third kappa shape index (κ3) is 2.72. The lowest BCUT2D eigenvalue weighted by Crippen LogP contribution is -2.14. The van der Waals surface area contributed by atoms with Gasteiger partial charge in [0, 0.05) is 12.6 Å². The number of benzene rings is 2. The van der Waals surface area contributed by atoms with E-state index < -0.39 is 0 Å². The monoisotopic (exact) mass is 269 g/mol. The lowest BCUT2D eigenvalue weighted by molar-refractivity contribution is 0.101. The molecule has 1 aliphatic rings. The highest BCUT2D eigenvalue weighted by atomic mass is 16.5. The van der Waals surface area contributed by atoms with E-state index in [9.17, 15) is 0 Å². The van der Waals surface area contributed by atoms with Crippen LogP contribution in [0.15, 0.2) is 36.4 Å². The summed E-state index contributed by atoms with van der Waals surface area (Å²) in [7, 11) is 0. The predicted molar refractivity (Wildman–Crippen MR) is 83.8 cm³/mol. The maximum atomic E-state index is 6.43. The minimum Gasteiger partial charge on any atom is -0.378 e. The van der Waals surface area contributed by atoms with Crippen molar-refractivity contribution in [2.24, 2.45) is 5.73 Å². The van der Waals surface area contributed by atoms with E-state index in [2.05, 4.69) is 43.3 Å². The Hall–Kier alpha value is -1.38. The van der Waals surface area contributed by atoms with Gasteiger partial charge in [0.25, 0.3) is 0 Å². The fraction of sp³-hybridized carbons (Fsp3) is 0.444. The standard InChI is InChI=1S/C18H23NO/c1-13-8-10-17(16-7-3-2-6-15(13)16)18(19)11-9-14-5-4-12-20-14/h2-3,6-8,10,14,18H,4-5,9,11-12,19H2,1H3. The van der Waals surface area contributed by atoms with Crippen molar-refractivity contribution < 1.29 is 4.74 Å². The van der Waals surface area contributed by atoms with Gasteiger partial charge in [-0.2, -0.15) is 0 Å². The second kappa shape index (κ2) is 5.94. The first-order chi connectivity index (χ1) is 9.75. The number of nitrogens with two attached hydrogens (primary N) is 1. The Labute approximate surface area is 120 Å². The molecule has 0 amide bonds. The Balaban J connectivity index is 1.80. The zero-order valence-corrected chi connectivity index (χ0v) is 12.1. The van der Waals surface area contributed by atoms with Crippen LogP contribution in [0, 0.1) is 6.92 Å². The fourth-order valence-electron chi connectivity index (χ4n) is 3.19. The van der Waals surface area contributed by atoms with Crippen LogP contribution >= 0.6 is 0 Å². The van der Waals surface area contributed by atoms with Gasteiger partial charge in [-0.3, -0.25) is 0 Å². The van der Waals surface area contributed by atoms with Gasteiger partial charge < -0.3 is 10.5 Å². The van der Waals surface area contributed by atoms with Crippen LogP contribution < -0.4 is 5.73 Å². The molecule has 106 valence electrons. The quantitative estimate of drug-likeness (QED) is 0.906. The molecule has 0 bridgehead atoms. The molecular formula is C18H23NO. The van der Waals surface area contributed by atoms with E-state index in [1.54, 1.807) is 0 Å². The van der Waals surface area contributed by atoms with Crippen molar-refractivity contribution in [2.75, 3.05) is 6.61 Å². The molecule has 2 aromatic carbocycles. The molecule has 20 heavy (non-hydrogen) atoms. The summed E-state index contributed by atoms with van der Waals surface area (Å²) in [6.45, 7) is 3.08. The highest BCUT2D eigenvalue weighted by Crippen LogP contribution is 2.29. The minimum atomic E-state index is 0.102. The molecule has 0 spiro atoms. The molecule has 1 fully saturated rings. The molecule has 2 nitrogen and oxygen atoms in total. The molecule has 0 radical (unpaired) electrons. The molecule has 1 heterocycles. The van der Waals surface area contributed by atoms with E-state index in [1.165, 1.54) is 34.7 Å². The van der Waals surface area contributed by atoms with Crippen molar-refractivity contribution >= 4 is 10.8 Å². The van der Waals surface area contributed by atoms with E-state index in [-0.39, 0.29) is 6.04 Å². The van der Waals surface area contributed by atoms with Crippen molar-refractivity contribution in [2.45, 2.75) is 44.8 Å². The minimum absolute atomic E-state index is 0.102. The largest absolute Gasteiger partial charge is 0.378 e. The van der Waals surface area contributed by atoms with Crippen LogP contribution in [0.25, 0.3) is 10.8 Å². The van der Waals surface area contributed by atoms with Gasteiger partial charge in [-0.1, -0.05) is 36.4 Å². The van der Waals surface area contributed by atoms with E-state index in [0.29, 0.717) is 6.10 Å². The summed E-state index contributed by atoms with van der Waals surface area (Å²) in [4.78, 5) is 0. The molecule has 2 atom stereocenters. The van der Waals surface area contributed by atoms with Crippen molar-refractivity contribution in [3.8, 4) is 0 Å². The first kappa shape index (κ1) is 13.6. The highest BCUT2D eigenvalue weighted by molar-refractivity contribution is 5.88. The Morgan fingerprint density at radius 2 is 2.00 bits per heavy atom. The van der Waals surface area contributed by atoms with Crippen LogP contribution in [0.4, 0.5) is 0 Å². The lowest BCUT2D eigenvalue weighted by atomic mass is 9.93. The molecule has 2 aromatic rings. The third-order valence-corrected chi connectivity index (χ3v) is 4.40. The predicted octanol–water partition coefficient (Wildman–Crippen LogP) is 4.11. The van der Waals surface area contributed by atoms with Crippen LogP contribution in [-0.4, -0.2) is 12.7 Å². The van der Waals surface area contributed by atoms with Crippen molar-refractivity contribution in [1.29, 1.82) is 0 Å². The fourth-order valence-corrected chi connectivity index (χ4v) is 3.19. The van der Waals surface area contributed by atoms with Gasteiger partial charge in [0.2, 0.25) is 0 Å². The van der Waals surface area contributed by atoms with Crippen LogP contribution in [0.5, 0.6) is 0 Å². The molecule has 2 unspecified atom stereocenters. The van der Waals surface area contributed by atoms with Crippen LogP contribution in [0.3, 0.4) is 0 Å². The zero-order valence-electron chi connectivity index (χ0n) is 12.1. The van der Waals surface area contributed by atoms with E-state index in [0.717, 1.165) is 19.4 Å². The summed E-state index contributed by atoms with van der Waals surface area (Å²) in [5, 5.41) is 2.62. The molecular weight excluding hydrogens is 246 g/mol. The second-order valence-electron chi connectivity index (χ2n) is 5.84. The highest BCUT2D eigenvalue weighted by Gasteiger charge is 2.18. The van der Waals surface area contributed by atoms with Gasteiger partial charge in [0.05, 0.1) is 6.10 Å². The number of ether oxygens (including phenoxy) is 1. The third-order valence-electron chi connectivity index (χ3n) is 4.40. The number of rotatable bonds is 4. The van der Waals surface area contributed by atoms with Crippen molar-refractivity contribution in [1.82, 2.24) is 0 Å². The Morgan fingerprint density at radius 3 is 2.75 bits per heavy atom. The van der Waals surface area contributed by atoms with E-state index >= 15 is 0 Å². The smallest absolute Gasteiger partial charge is 0.0576 e. The lowest BCUT2D eigenvalue weighted by Gasteiger charge is -2.17. The van der Waals surface area contributed by atoms with Gasteiger partial charge in [0.1, 0.15) is 0 Å². The average Bonchev–Trinajstić information content (AvgIpc) is 2.99. The van der Waals surface area contributed by atoms with Crippen LogP contribution in [0.1, 0.15) is 42.9 Å². The Kier molecular flexibility index (Phi) is 4.04. The molecule has 2 heteroatoms. The zero-order chi connectivity index (χ0) is 13.9. The van der Waals surface area contributed by atoms with Crippen molar-refractivity contribution in [3.05, 3.63) is 47.5 Å². The molecule has 2 N–H and O–H groups in total. The van der Waals surface area contributed by atoms with Crippen LogP contribution in [0.2, 0.25) is 0 Å². The molecule has 1 saturated heterocycles. The number of fused-ring (bicyclic) bond motifs is 1. The number of hydrogen-bond donors (Lipinski definition) is 1. The van der Waals surface area contributed by atoms with Gasteiger partial charge in [-0.15, -0.1) is 0 Å². The summed E-state index contributed by atoms with van der Waals surface area (Å²) in [6, 6.07) is 13.0. The molecule has 0 aromatic heterocycles. The van der Waals surface area contributed by atoms with E-state index in [1.807, 2.05) is 0 Å². The Bertz CT molecular complexity index is 587. The Morgan fingerprint density at radius 1 is 1.20 bits per heavy atom. The summed E-state index contributed by atoms with van der Waals surface area (Å²) in [5.74, 6) is 0. The SMILES string of the molecule is Cc1ccc(C(N)CCC2CCCO2)c2ccccc12. The molecule has 1 aliphatic heterocycles. The second-order valence-corrected chi connectivity index (χ2v) is 5.84. The maximum Gasteiger partial charge on any atom is 0.0576 e. The summed E-state index contributed by atoms with van der Waals surface area (Å²) < 4.78 is 5.69. The van der Waals surface area contributed by atoms with Crippen LogP contribution in [-0.2, 0) is 4.74 Å². The average molecular weight is 269 g/mol. The van der Waals surface area contributed by atoms with Gasteiger partial charge >= 0.3 is 0 Å². The summed E-state index contributed by atoms with van der Waals surface area (Å²) >= 11 is 0. The number of hydrogen-bond acceptors (Lipinski definition) is 2. The summed E-state index contributed by atoms with van der Waals surface area (Å²) in [5.41, 5.74) is 9.02. The maximum absolute atomic E-state index is 6.43. The molecule has 0 aliphatic carbocycles.